The Balaban J connectivity index is 1.47. The second-order valence-electron chi connectivity index (χ2n) is 8.47. The zero-order valence-corrected chi connectivity index (χ0v) is 18.5. The van der Waals surface area contributed by atoms with Crippen molar-refractivity contribution >= 4 is 32.4 Å². The average molecular weight is 475 g/mol. The van der Waals surface area contributed by atoms with E-state index in [4.69, 9.17) is 0 Å². The minimum atomic E-state index is -4.49. The molecule has 0 bridgehead atoms. The van der Waals surface area contributed by atoms with Crippen molar-refractivity contribution < 1.29 is 26.4 Å². The normalized spacial score (nSPS) is 17.9. The summed E-state index contributed by atoms with van der Waals surface area (Å²) in [6.07, 6.45) is -3.02. The van der Waals surface area contributed by atoms with Gasteiger partial charge in [-0.3, -0.25) is 9.10 Å². The maximum atomic E-state index is 13.4. The molecule has 3 aromatic rings. The number of nitrogens with zero attached hydrogens (tertiary/aromatic N) is 2. The summed E-state index contributed by atoms with van der Waals surface area (Å²) in [6, 6.07) is 14.4. The minimum Gasteiger partial charge on any atom is -0.331 e. The molecule has 1 aliphatic carbocycles. The summed E-state index contributed by atoms with van der Waals surface area (Å²) in [6.45, 7) is 1.27. The van der Waals surface area contributed by atoms with E-state index < -0.39 is 40.3 Å². The Morgan fingerprint density at radius 2 is 1.76 bits per heavy atom. The predicted octanol–water partition coefficient (Wildman–Crippen LogP) is 5.12. The standard InChI is InChI=1S/C24H21F3N2O3S/c1-15(17-7-2-8-18(13-17)24(25,26)27)29(19-11-12-19)22(30)14-28-20-9-3-5-16-6-4-10-21(23(16)20)33(28,31)32/h2-10,13,15,19H,11-12,14H2,1H3. The summed E-state index contributed by atoms with van der Waals surface area (Å²) in [4.78, 5) is 15.1. The predicted molar refractivity (Wildman–Crippen MR) is 118 cm³/mol. The number of rotatable bonds is 5. The lowest BCUT2D eigenvalue weighted by Gasteiger charge is -2.32. The van der Waals surface area contributed by atoms with Crippen molar-refractivity contribution in [2.24, 2.45) is 0 Å². The summed E-state index contributed by atoms with van der Waals surface area (Å²) < 4.78 is 67.2. The molecule has 1 saturated carbocycles. The summed E-state index contributed by atoms with van der Waals surface area (Å²) in [5.41, 5.74) is 0.0259. The van der Waals surface area contributed by atoms with Crippen LogP contribution in [-0.4, -0.2) is 31.8 Å². The Morgan fingerprint density at radius 1 is 1.09 bits per heavy atom. The Kier molecular flexibility index (Phi) is 4.93. The van der Waals surface area contributed by atoms with Gasteiger partial charge in [-0.15, -0.1) is 0 Å². The van der Waals surface area contributed by atoms with Crippen LogP contribution in [0.4, 0.5) is 18.9 Å². The Morgan fingerprint density at radius 3 is 2.42 bits per heavy atom. The lowest BCUT2D eigenvalue weighted by atomic mass is 10.0. The van der Waals surface area contributed by atoms with Crippen molar-refractivity contribution in [2.45, 2.75) is 42.9 Å². The van der Waals surface area contributed by atoms with E-state index in [-0.39, 0.29) is 10.9 Å². The van der Waals surface area contributed by atoms with Crippen molar-refractivity contribution in [2.75, 3.05) is 10.8 Å². The fourth-order valence-electron chi connectivity index (χ4n) is 4.56. The number of amides is 1. The SMILES string of the molecule is CC(c1cccc(C(F)(F)F)c1)N(C(=O)CN1c2cccc3cccc(c23)S1(=O)=O)C1CC1. The molecular formula is C24H21F3N2O3S. The molecule has 5 nitrogen and oxygen atoms in total. The summed E-state index contributed by atoms with van der Waals surface area (Å²) in [7, 11) is -3.91. The van der Waals surface area contributed by atoms with E-state index in [1.165, 1.54) is 17.0 Å². The van der Waals surface area contributed by atoms with Crippen molar-refractivity contribution in [3.63, 3.8) is 0 Å². The molecule has 1 unspecified atom stereocenters. The number of hydrogen-bond acceptors (Lipinski definition) is 3. The molecule has 0 radical (unpaired) electrons. The molecule has 0 spiro atoms. The van der Waals surface area contributed by atoms with Crippen LogP contribution in [0.1, 0.15) is 36.9 Å². The van der Waals surface area contributed by atoms with Gasteiger partial charge in [-0.1, -0.05) is 36.4 Å². The van der Waals surface area contributed by atoms with Crippen LogP contribution in [0, 0.1) is 0 Å². The third kappa shape index (κ3) is 3.64. The third-order valence-electron chi connectivity index (χ3n) is 6.30. The van der Waals surface area contributed by atoms with Gasteiger partial charge in [-0.05, 0) is 55.0 Å². The Labute approximate surface area is 189 Å². The van der Waals surface area contributed by atoms with Crippen LogP contribution < -0.4 is 4.31 Å². The number of hydrogen-bond donors (Lipinski definition) is 0. The summed E-state index contributed by atoms with van der Waals surface area (Å²) in [5, 5.41) is 1.34. The number of halogens is 3. The van der Waals surface area contributed by atoms with Crippen LogP contribution >= 0.6 is 0 Å². The molecule has 2 aliphatic rings. The Hall–Kier alpha value is -3.07. The van der Waals surface area contributed by atoms with Gasteiger partial charge < -0.3 is 4.90 Å². The summed E-state index contributed by atoms with van der Waals surface area (Å²) in [5.74, 6) is -0.434. The first-order chi connectivity index (χ1) is 15.6. The molecule has 1 heterocycles. The first kappa shape index (κ1) is 21.8. The second kappa shape index (κ2) is 7.48. The molecule has 1 aliphatic heterocycles. The molecule has 172 valence electrons. The van der Waals surface area contributed by atoms with Crippen LogP contribution in [0.3, 0.4) is 0 Å². The number of benzene rings is 3. The van der Waals surface area contributed by atoms with Gasteiger partial charge in [0.2, 0.25) is 5.91 Å². The monoisotopic (exact) mass is 474 g/mol. The lowest BCUT2D eigenvalue weighted by molar-refractivity contribution is -0.137. The van der Waals surface area contributed by atoms with E-state index >= 15 is 0 Å². The second-order valence-corrected chi connectivity index (χ2v) is 10.3. The van der Waals surface area contributed by atoms with Gasteiger partial charge in [0.1, 0.15) is 6.54 Å². The molecule has 3 aromatic carbocycles. The fourth-order valence-corrected chi connectivity index (χ4v) is 6.22. The van der Waals surface area contributed by atoms with E-state index in [0.29, 0.717) is 16.6 Å². The van der Waals surface area contributed by atoms with Crippen molar-refractivity contribution in [1.82, 2.24) is 4.90 Å². The molecular weight excluding hydrogens is 453 g/mol. The molecule has 1 amide bonds. The molecule has 33 heavy (non-hydrogen) atoms. The summed E-state index contributed by atoms with van der Waals surface area (Å²) >= 11 is 0. The van der Waals surface area contributed by atoms with E-state index in [0.717, 1.165) is 34.7 Å². The number of sulfonamides is 1. The molecule has 5 rings (SSSR count). The van der Waals surface area contributed by atoms with Gasteiger partial charge in [-0.25, -0.2) is 8.42 Å². The molecule has 1 fully saturated rings. The maximum Gasteiger partial charge on any atom is 0.416 e. The van der Waals surface area contributed by atoms with Gasteiger partial charge in [0.25, 0.3) is 10.0 Å². The highest BCUT2D eigenvalue weighted by Gasteiger charge is 2.41. The third-order valence-corrected chi connectivity index (χ3v) is 8.10. The van der Waals surface area contributed by atoms with E-state index in [9.17, 15) is 26.4 Å². The van der Waals surface area contributed by atoms with E-state index in [1.54, 1.807) is 31.2 Å². The zero-order chi connectivity index (χ0) is 23.5. The number of alkyl halides is 3. The minimum absolute atomic E-state index is 0.120. The molecule has 1 atom stereocenters. The highest BCUT2D eigenvalue weighted by atomic mass is 32.2. The van der Waals surface area contributed by atoms with Crippen LogP contribution in [0.15, 0.2) is 65.6 Å². The first-order valence-corrected chi connectivity index (χ1v) is 12.1. The average Bonchev–Trinajstić information content (AvgIpc) is 3.58. The van der Waals surface area contributed by atoms with Crippen LogP contribution in [-0.2, 0) is 21.0 Å². The number of carbonyl (C=O) groups is 1. The fraction of sp³-hybridized carbons (Fsp3) is 0.292. The smallest absolute Gasteiger partial charge is 0.331 e. The first-order valence-electron chi connectivity index (χ1n) is 10.6. The van der Waals surface area contributed by atoms with Crippen molar-refractivity contribution in [3.05, 3.63) is 71.8 Å². The Bertz CT molecular complexity index is 1360. The largest absolute Gasteiger partial charge is 0.416 e. The lowest BCUT2D eigenvalue weighted by Crippen LogP contribution is -2.43. The van der Waals surface area contributed by atoms with Gasteiger partial charge in [0.05, 0.1) is 22.2 Å². The van der Waals surface area contributed by atoms with Gasteiger partial charge in [0, 0.05) is 11.4 Å². The number of anilines is 1. The molecule has 0 aromatic heterocycles. The highest BCUT2D eigenvalue weighted by Crippen LogP contribution is 2.43. The molecule has 0 saturated heterocycles. The van der Waals surface area contributed by atoms with Gasteiger partial charge >= 0.3 is 6.18 Å². The number of carbonyl (C=O) groups excluding carboxylic acids is 1. The topological polar surface area (TPSA) is 57.7 Å². The van der Waals surface area contributed by atoms with Gasteiger partial charge in [-0.2, -0.15) is 13.2 Å². The van der Waals surface area contributed by atoms with Gasteiger partial charge in [0.15, 0.2) is 0 Å². The zero-order valence-electron chi connectivity index (χ0n) is 17.7. The molecule has 9 heteroatoms. The molecule has 0 N–H and O–H groups in total. The van der Waals surface area contributed by atoms with E-state index in [2.05, 4.69) is 0 Å². The quantitative estimate of drug-likeness (QED) is 0.516. The van der Waals surface area contributed by atoms with Crippen LogP contribution in [0.5, 0.6) is 0 Å². The maximum absolute atomic E-state index is 13.4. The van der Waals surface area contributed by atoms with E-state index in [1.807, 2.05) is 12.1 Å². The van der Waals surface area contributed by atoms with Crippen LogP contribution in [0.25, 0.3) is 10.8 Å². The highest BCUT2D eigenvalue weighted by molar-refractivity contribution is 7.93. The van der Waals surface area contributed by atoms with Crippen LogP contribution in [0.2, 0.25) is 0 Å². The van der Waals surface area contributed by atoms with Crippen molar-refractivity contribution in [1.29, 1.82) is 0 Å². The van der Waals surface area contributed by atoms with Crippen molar-refractivity contribution in [3.8, 4) is 0 Å².